The summed E-state index contributed by atoms with van der Waals surface area (Å²) >= 11 is 0. The van der Waals surface area contributed by atoms with E-state index < -0.39 is 0 Å². The van der Waals surface area contributed by atoms with Crippen LogP contribution in [0.4, 0.5) is 0 Å². The Balaban J connectivity index is 1.51. The molecule has 4 heteroatoms. The van der Waals surface area contributed by atoms with E-state index >= 15 is 0 Å². The summed E-state index contributed by atoms with van der Waals surface area (Å²) in [5.41, 5.74) is 8.82. The predicted molar refractivity (Wildman–Crippen MR) is 147 cm³/mol. The van der Waals surface area contributed by atoms with Crippen molar-refractivity contribution in [3.8, 4) is 17.8 Å². The monoisotopic (exact) mass is 475 g/mol. The van der Waals surface area contributed by atoms with E-state index in [1.54, 1.807) is 0 Å². The number of benzene rings is 4. The molecular weight excluding hydrogens is 454 g/mol. The zero-order valence-corrected chi connectivity index (χ0v) is 20.2. The number of furan rings is 1. The minimum absolute atomic E-state index is 0.255. The number of hydrogen-bond donors (Lipinski definition) is 0. The zero-order chi connectivity index (χ0) is 25.1. The molecule has 0 spiro atoms. The van der Waals surface area contributed by atoms with Crippen LogP contribution in [0.2, 0.25) is 0 Å². The summed E-state index contributed by atoms with van der Waals surface area (Å²) in [6, 6.07) is 32.8. The van der Waals surface area contributed by atoms with Gasteiger partial charge in [0.1, 0.15) is 11.3 Å². The molecule has 7 rings (SSSR count). The summed E-state index contributed by atoms with van der Waals surface area (Å²) in [7, 11) is 0. The van der Waals surface area contributed by atoms with Crippen molar-refractivity contribution in [3.05, 3.63) is 113 Å². The summed E-state index contributed by atoms with van der Waals surface area (Å²) in [4.78, 5) is 0. The number of allylic oxidation sites excluding steroid dienone is 1. The molecule has 0 aliphatic heterocycles. The van der Waals surface area contributed by atoms with E-state index in [1.165, 1.54) is 11.1 Å². The highest BCUT2D eigenvalue weighted by Crippen LogP contribution is 2.44. The van der Waals surface area contributed by atoms with E-state index in [4.69, 9.17) is 4.42 Å². The number of aromatic nitrogens is 1. The maximum absolute atomic E-state index is 9.55. The number of nitriles is 2. The fourth-order valence-corrected chi connectivity index (χ4v) is 5.80. The van der Waals surface area contributed by atoms with Gasteiger partial charge in [-0.2, -0.15) is 10.5 Å². The molecule has 1 aliphatic carbocycles. The minimum Gasteiger partial charge on any atom is -0.460 e. The second-order valence-electron chi connectivity index (χ2n) is 9.69. The van der Waals surface area contributed by atoms with Gasteiger partial charge in [-0.05, 0) is 66.6 Å². The fraction of sp³-hybridized carbons (Fsp3) is 0.0909. The SMILES string of the molecule is CC1CC(c2ccccc2-n2c3ccc(C#N)cc3c3cc(C#N)ccc32)=Cc2c1oc1ccccc21. The normalized spacial score (nSPS) is 14.9. The van der Waals surface area contributed by atoms with Gasteiger partial charge >= 0.3 is 0 Å². The predicted octanol–water partition coefficient (Wildman–Crippen LogP) is 8.32. The summed E-state index contributed by atoms with van der Waals surface area (Å²) in [6.45, 7) is 2.23. The number of hydrogen-bond acceptors (Lipinski definition) is 3. The number of para-hydroxylation sites is 2. The molecule has 0 fully saturated rings. The molecule has 2 aromatic heterocycles. The van der Waals surface area contributed by atoms with Crippen LogP contribution in [0.5, 0.6) is 0 Å². The van der Waals surface area contributed by atoms with Gasteiger partial charge in [-0.1, -0.05) is 43.3 Å². The quantitative estimate of drug-likeness (QED) is 0.253. The first kappa shape index (κ1) is 21.2. The van der Waals surface area contributed by atoms with Crippen molar-refractivity contribution in [1.82, 2.24) is 4.57 Å². The highest BCUT2D eigenvalue weighted by Gasteiger charge is 2.26. The molecular formula is C33H21N3O. The Hall–Kier alpha value is -5.06. The third-order valence-corrected chi connectivity index (χ3v) is 7.47. The maximum atomic E-state index is 9.55. The lowest BCUT2D eigenvalue weighted by atomic mass is 9.85. The molecule has 2 heterocycles. The van der Waals surface area contributed by atoms with Crippen LogP contribution in [-0.2, 0) is 0 Å². The third kappa shape index (κ3) is 3.13. The van der Waals surface area contributed by atoms with Crippen molar-refractivity contribution in [1.29, 1.82) is 10.5 Å². The molecule has 1 unspecified atom stereocenters. The molecule has 37 heavy (non-hydrogen) atoms. The van der Waals surface area contributed by atoms with Crippen molar-refractivity contribution in [2.75, 3.05) is 0 Å². The molecule has 0 saturated carbocycles. The Morgan fingerprint density at radius 1 is 0.784 bits per heavy atom. The maximum Gasteiger partial charge on any atom is 0.134 e. The third-order valence-electron chi connectivity index (χ3n) is 7.47. The molecule has 1 atom stereocenters. The summed E-state index contributed by atoms with van der Waals surface area (Å²) < 4.78 is 8.51. The van der Waals surface area contributed by atoms with Gasteiger partial charge in [-0.3, -0.25) is 0 Å². The summed E-state index contributed by atoms with van der Waals surface area (Å²) in [6.07, 6.45) is 3.16. The highest BCUT2D eigenvalue weighted by atomic mass is 16.3. The molecule has 4 nitrogen and oxygen atoms in total. The van der Waals surface area contributed by atoms with Crippen molar-refractivity contribution < 1.29 is 4.42 Å². The molecule has 0 saturated heterocycles. The van der Waals surface area contributed by atoms with Gasteiger partial charge in [-0.15, -0.1) is 0 Å². The lowest BCUT2D eigenvalue weighted by Crippen LogP contribution is -2.05. The Morgan fingerprint density at radius 2 is 1.43 bits per heavy atom. The highest BCUT2D eigenvalue weighted by molar-refractivity contribution is 6.10. The minimum atomic E-state index is 0.255. The smallest absolute Gasteiger partial charge is 0.134 e. The van der Waals surface area contributed by atoms with Crippen LogP contribution >= 0.6 is 0 Å². The van der Waals surface area contributed by atoms with Crippen LogP contribution in [0, 0.1) is 22.7 Å². The zero-order valence-electron chi connectivity index (χ0n) is 20.2. The number of nitrogens with zero attached hydrogens (tertiary/aromatic N) is 3. The first-order chi connectivity index (χ1) is 18.2. The van der Waals surface area contributed by atoms with E-state index in [2.05, 4.69) is 66.1 Å². The van der Waals surface area contributed by atoms with E-state index in [-0.39, 0.29) is 5.92 Å². The Bertz CT molecular complexity index is 1930. The van der Waals surface area contributed by atoms with Gasteiger partial charge in [-0.25, -0.2) is 0 Å². The van der Waals surface area contributed by atoms with E-state index in [1.807, 2.05) is 48.5 Å². The van der Waals surface area contributed by atoms with Gasteiger partial charge in [0.15, 0.2) is 0 Å². The van der Waals surface area contributed by atoms with E-state index in [9.17, 15) is 10.5 Å². The second-order valence-corrected chi connectivity index (χ2v) is 9.69. The largest absolute Gasteiger partial charge is 0.460 e. The first-order valence-corrected chi connectivity index (χ1v) is 12.4. The summed E-state index contributed by atoms with van der Waals surface area (Å²) in [5.74, 6) is 1.30. The molecule has 6 aromatic rings. The van der Waals surface area contributed by atoms with E-state index in [0.29, 0.717) is 11.1 Å². The van der Waals surface area contributed by atoms with Crippen molar-refractivity contribution in [2.45, 2.75) is 19.3 Å². The van der Waals surface area contributed by atoms with Gasteiger partial charge in [0.25, 0.3) is 0 Å². The van der Waals surface area contributed by atoms with Gasteiger partial charge in [0.2, 0.25) is 0 Å². The Morgan fingerprint density at radius 3 is 2.14 bits per heavy atom. The first-order valence-electron chi connectivity index (χ1n) is 12.4. The van der Waals surface area contributed by atoms with Crippen molar-refractivity contribution in [2.24, 2.45) is 0 Å². The molecule has 0 radical (unpaired) electrons. The second kappa shape index (κ2) is 7.98. The van der Waals surface area contributed by atoms with Gasteiger partial charge < -0.3 is 8.98 Å². The van der Waals surface area contributed by atoms with E-state index in [0.717, 1.165) is 56.2 Å². The van der Waals surface area contributed by atoms with Crippen molar-refractivity contribution >= 4 is 44.4 Å². The van der Waals surface area contributed by atoms with Gasteiger partial charge in [0.05, 0.1) is 40.0 Å². The lowest BCUT2D eigenvalue weighted by Gasteiger charge is -2.22. The van der Waals surface area contributed by atoms with Crippen LogP contribution in [0.3, 0.4) is 0 Å². The topological polar surface area (TPSA) is 65.7 Å². The van der Waals surface area contributed by atoms with Crippen LogP contribution in [0.15, 0.2) is 89.3 Å². The Labute approximate surface area is 213 Å². The average Bonchev–Trinajstić information content (AvgIpc) is 3.48. The van der Waals surface area contributed by atoms with Crippen molar-refractivity contribution in [3.63, 3.8) is 0 Å². The standard InChI is InChI=1S/C33H21N3O/c1-20-14-23(17-28-25-7-3-5-9-32(25)37-33(20)28)24-6-2-4-8-29(24)36-30-12-10-21(18-34)15-26(30)27-16-22(19-35)11-13-31(27)36/h2-13,15-17,20H,14H2,1H3. The molecule has 174 valence electrons. The lowest BCUT2D eigenvalue weighted by molar-refractivity contribution is 0.506. The molecule has 0 amide bonds. The van der Waals surface area contributed by atoms with Crippen LogP contribution in [0.1, 0.15) is 47.3 Å². The number of rotatable bonds is 2. The molecule has 0 N–H and O–H groups in total. The summed E-state index contributed by atoms with van der Waals surface area (Å²) in [5, 5.41) is 22.2. The van der Waals surface area contributed by atoms with Crippen LogP contribution < -0.4 is 0 Å². The Kier molecular flexibility index (Phi) is 4.58. The van der Waals surface area contributed by atoms with Crippen LogP contribution in [-0.4, -0.2) is 4.57 Å². The average molecular weight is 476 g/mol. The van der Waals surface area contributed by atoms with Crippen LogP contribution in [0.25, 0.3) is 50.1 Å². The fourth-order valence-electron chi connectivity index (χ4n) is 5.80. The molecule has 1 aliphatic rings. The molecule has 0 bridgehead atoms. The number of fused-ring (bicyclic) bond motifs is 6. The molecule has 4 aromatic carbocycles. The van der Waals surface area contributed by atoms with Gasteiger partial charge in [0, 0.05) is 33.2 Å².